The van der Waals surface area contributed by atoms with Crippen LogP contribution in [0.25, 0.3) is 0 Å². The van der Waals surface area contributed by atoms with Crippen molar-refractivity contribution >= 4 is 41.0 Å². The largest absolute Gasteiger partial charge is 0.619 e. The van der Waals surface area contributed by atoms with E-state index in [-0.39, 0.29) is 35.3 Å². The summed E-state index contributed by atoms with van der Waals surface area (Å²) in [5, 5.41) is 12.2. The van der Waals surface area contributed by atoms with Crippen LogP contribution in [0.1, 0.15) is 51.6 Å². The van der Waals surface area contributed by atoms with Crippen molar-refractivity contribution in [3.05, 3.63) is 153 Å². The zero-order valence-corrected chi connectivity index (χ0v) is 33.2. The topological polar surface area (TPSA) is 114 Å². The quantitative estimate of drug-likeness (QED) is 0.0618. The number of nitrogens with zero attached hydrogens (tertiary/aromatic N) is 3. The molecule has 1 amide bonds. The first-order valence-electron chi connectivity index (χ1n) is 18.7. The van der Waals surface area contributed by atoms with Crippen LogP contribution in [0, 0.1) is 11.1 Å². The van der Waals surface area contributed by atoms with Gasteiger partial charge in [-0.3, -0.25) is 9.80 Å². The molecule has 3 aliphatic rings. The van der Waals surface area contributed by atoms with Gasteiger partial charge in [0.2, 0.25) is 0 Å². The van der Waals surface area contributed by atoms with Gasteiger partial charge in [-0.25, -0.2) is 9.59 Å². The fourth-order valence-electron chi connectivity index (χ4n) is 7.27. The van der Waals surface area contributed by atoms with Crippen LogP contribution < -0.4 is 23.8 Å². The van der Waals surface area contributed by atoms with Gasteiger partial charge in [-0.2, -0.15) is 4.73 Å². The molecule has 0 unspecified atom stereocenters. The van der Waals surface area contributed by atoms with E-state index in [1.807, 2.05) is 54.6 Å². The van der Waals surface area contributed by atoms with Gasteiger partial charge < -0.3 is 28.9 Å². The number of ether oxygens (including phenoxy) is 5. The van der Waals surface area contributed by atoms with Crippen LogP contribution in [0.3, 0.4) is 0 Å². The average Bonchev–Trinajstić information content (AvgIpc) is 3.23. The molecule has 2 atom stereocenters. The van der Waals surface area contributed by atoms with Crippen LogP contribution >= 0.6 is 23.2 Å². The van der Waals surface area contributed by atoms with E-state index in [2.05, 4.69) is 4.90 Å². The van der Waals surface area contributed by atoms with Gasteiger partial charge in [-0.1, -0.05) is 71.7 Å². The number of hydrogen-bond acceptors (Lipinski definition) is 9. The van der Waals surface area contributed by atoms with E-state index in [0.717, 1.165) is 49.3 Å². The third kappa shape index (κ3) is 9.73. The van der Waals surface area contributed by atoms with E-state index >= 15 is 0 Å². The highest BCUT2D eigenvalue weighted by Gasteiger charge is 2.37. The molecule has 4 heterocycles. The number of para-hydroxylation sites is 1. The Labute approximate surface area is 341 Å². The van der Waals surface area contributed by atoms with E-state index in [1.165, 1.54) is 26.6 Å². The summed E-state index contributed by atoms with van der Waals surface area (Å²) in [6.45, 7) is 3.56. The number of esters is 1. The van der Waals surface area contributed by atoms with Crippen LogP contribution in [-0.2, 0) is 29.0 Å². The maximum atomic E-state index is 13.6. The smallest absolute Gasteiger partial charge is 0.414 e. The predicted molar refractivity (Wildman–Crippen MR) is 216 cm³/mol. The van der Waals surface area contributed by atoms with Crippen molar-refractivity contribution in [1.82, 2.24) is 4.90 Å². The molecule has 57 heavy (non-hydrogen) atoms. The fourth-order valence-corrected chi connectivity index (χ4v) is 7.87. The predicted octanol–water partition coefficient (Wildman–Crippen LogP) is 8.60. The van der Waals surface area contributed by atoms with Gasteiger partial charge >= 0.3 is 12.1 Å². The van der Waals surface area contributed by atoms with E-state index in [9.17, 15) is 14.8 Å². The molecule has 296 valence electrons. The number of anilines is 1. The number of amides is 1. The summed E-state index contributed by atoms with van der Waals surface area (Å²) >= 11 is 12.8. The van der Waals surface area contributed by atoms with E-state index in [0.29, 0.717) is 51.1 Å². The Kier molecular flexibility index (Phi) is 12.7. The highest BCUT2D eigenvalue weighted by Crippen LogP contribution is 2.36. The lowest BCUT2D eigenvalue weighted by atomic mass is 9.86. The summed E-state index contributed by atoms with van der Waals surface area (Å²) in [6.07, 6.45) is 3.36. The van der Waals surface area contributed by atoms with Crippen molar-refractivity contribution in [3.8, 4) is 17.2 Å². The minimum atomic E-state index is -0.837. The first kappa shape index (κ1) is 39.7. The number of carbonyl (C=O) groups excluding carboxylic acids is 2. The third-order valence-corrected chi connectivity index (χ3v) is 11.1. The minimum absolute atomic E-state index is 0.0872. The Morgan fingerprint density at radius 3 is 2.16 bits per heavy atom. The first-order valence-corrected chi connectivity index (χ1v) is 19.5. The molecule has 8 rings (SSSR count). The summed E-state index contributed by atoms with van der Waals surface area (Å²) in [4.78, 5) is 31.1. The monoisotopic (exact) mass is 811 g/mol. The second-order valence-corrected chi connectivity index (χ2v) is 14.9. The molecule has 13 heteroatoms. The SMILES string of the molecule is COc1ccc([C@H](Cc2c(Cl)c[n+]([O-])cc2Cl)OC(=O)c2ccc(COc3ccc(CN(C(=O)O[C@H]4CN5CCC4CC5)c4ccccc4)cc3)cc2)cc1OC. The highest BCUT2D eigenvalue weighted by atomic mass is 35.5. The van der Waals surface area contributed by atoms with Crippen molar-refractivity contribution in [2.75, 3.05) is 38.8 Å². The van der Waals surface area contributed by atoms with E-state index in [4.69, 9.17) is 46.9 Å². The molecule has 2 bridgehead atoms. The molecule has 0 N–H and O–H groups in total. The van der Waals surface area contributed by atoms with Crippen LogP contribution in [0.2, 0.25) is 10.0 Å². The van der Waals surface area contributed by atoms with Crippen LogP contribution in [0.5, 0.6) is 17.2 Å². The van der Waals surface area contributed by atoms with E-state index in [1.54, 1.807) is 47.4 Å². The zero-order valence-electron chi connectivity index (χ0n) is 31.6. The Morgan fingerprint density at radius 1 is 0.860 bits per heavy atom. The number of carbonyl (C=O) groups is 2. The van der Waals surface area contributed by atoms with Gasteiger partial charge in [-0.15, -0.1) is 0 Å². The second-order valence-electron chi connectivity index (χ2n) is 14.1. The Hall–Kier alpha value is -5.49. The van der Waals surface area contributed by atoms with Crippen molar-refractivity contribution in [2.24, 2.45) is 5.92 Å². The lowest BCUT2D eigenvalue weighted by molar-refractivity contribution is -0.605. The molecule has 3 fully saturated rings. The molecule has 4 aromatic carbocycles. The second kappa shape index (κ2) is 18.2. The summed E-state index contributed by atoms with van der Waals surface area (Å²) in [7, 11) is 3.04. The molecule has 0 radical (unpaired) electrons. The molecule has 3 aliphatic heterocycles. The molecule has 11 nitrogen and oxygen atoms in total. The van der Waals surface area contributed by atoms with Crippen molar-refractivity contribution in [2.45, 2.75) is 44.6 Å². The fraction of sp³-hybridized carbons (Fsp3) is 0.295. The number of halogens is 2. The molecule has 5 aromatic rings. The molecule has 0 saturated carbocycles. The Bertz CT molecular complexity index is 2140. The highest BCUT2D eigenvalue weighted by molar-refractivity contribution is 6.35. The summed E-state index contributed by atoms with van der Waals surface area (Å²) in [5.74, 6) is 1.46. The molecular formula is C44H43Cl2N3O8. The number of methoxy groups -OCH3 is 2. The van der Waals surface area contributed by atoms with Gasteiger partial charge in [-0.05, 0) is 97.1 Å². The number of rotatable bonds is 14. The van der Waals surface area contributed by atoms with Crippen molar-refractivity contribution in [1.29, 1.82) is 0 Å². The molecule has 0 spiro atoms. The lowest BCUT2D eigenvalue weighted by Gasteiger charge is -2.44. The standard InChI is InChI=1S/C44H43Cl2N3O8/c1-53-39-17-14-33(22-41(39)54-2)40(23-36-37(45)25-48(52)26-38(36)46)56-43(50)32-12-8-30(9-13-32)28-55-35-15-10-29(11-16-35)24-49(34-6-4-3-5-7-34)44(51)57-42-27-47-20-18-31(42)19-21-47/h3-17,22,25-26,31,40,42H,18-21,23-24,27-28H2,1-2H3/t40-,42-/m0/s1. The van der Waals surface area contributed by atoms with Crippen molar-refractivity contribution in [3.63, 3.8) is 0 Å². The zero-order chi connectivity index (χ0) is 39.9. The number of benzene rings is 4. The van der Waals surface area contributed by atoms with Crippen LogP contribution in [0.4, 0.5) is 10.5 Å². The van der Waals surface area contributed by atoms with Gasteiger partial charge in [0.05, 0.1) is 26.3 Å². The van der Waals surface area contributed by atoms with Gasteiger partial charge in [0.25, 0.3) is 0 Å². The molecule has 3 saturated heterocycles. The number of piperidine rings is 3. The maximum absolute atomic E-state index is 13.6. The normalized spacial score (nSPS) is 17.6. The maximum Gasteiger partial charge on any atom is 0.414 e. The first-order chi connectivity index (χ1) is 27.7. The number of pyridine rings is 1. The van der Waals surface area contributed by atoms with Crippen LogP contribution in [0.15, 0.2) is 109 Å². The average molecular weight is 813 g/mol. The lowest BCUT2D eigenvalue weighted by Crippen LogP contribution is -2.53. The Balaban J connectivity index is 0.981. The van der Waals surface area contributed by atoms with Gasteiger partial charge in [0.1, 0.15) is 34.6 Å². The van der Waals surface area contributed by atoms with Gasteiger partial charge in [0, 0.05) is 24.2 Å². The third-order valence-electron chi connectivity index (χ3n) is 10.5. The minimum Gasteiger partial charge on any atom is -0.619 e. The summed E-state index contributed by atoms with van der Waals surface area (Å²) in [5.41, 5.74) is 3.93. The molecular weight excluding hydrogens is 769 g/mol. The summed E-state index contributed by atoms with van der Waals surface area (Å²) in [6, 6.07) is 29.3. The molecule has 1 aromatic heterocycles. The Morgan fingerprint density at radius 2 is 1.53 bits per heavy atom. The van der Waals surface area contributed by atoms with Gasteiger partial charge in [0.15, 0.2) is 23.9 Å². The summed E-state index contributed by atoms with van der Waals surface area (Å²) < 4.78 is 29.6. The molecule has 0 aliphatic carbocycles. The van der Waals surface area contributed by atoms with E-state index < -0.39 is 12.1 Å². The van der Waals surface area contributed by atoms with Crippen molar-refractivity contribution < 1.29 is 38.0 Å². The van der Waals surface area contributed by atoms with Crippen LogP contribution in [-0.4, -0.2) is 56.9 Å². The number of fused-ring (bicyclic) bond motifs is 3. The number of hydrogen-bond donors (Lipinski definition) is 0. The number of aromatic nitrogens is 1.